The maximum atomic E-state index is 9.18. The van der Waals surface area contributed by atoms with Crippen LogP contribution in [0.2, 0.25) is 0 Å². The number of hydrogen-bond acceptors (Lipinski definition) is 3. The van der Waals surface area contributed by atoms with Gasteiger partial charge in [0.25, 0.3) is 0 Å². The van der Waals surface area contributed by atoms with Gasteiger partial charge in [-0.2, -0.15) is 0 Å². The second kappa shape index (κ2) is 8.18. The molecule has 0 heterocycles. The molecule has 0 spiro atoms. The summed E-state index contributed by atoms with van der Waals surface area (Å²) >= 11 is 0. The average Bonchev–Trinajstić information content (AvgIpc) is 2.40. The van der Waals surface area contributed by atoms with Gasteiger partial charge in [-0.1, -0.05) is 6.92 Å². The molecule has 1 aromatic carbocycles. The van der Waals surface area contributed by atoms with Crippen molar-refractivity contribution < 1.29 is 9.84 Å². The average molecular weight is 265 g/mol. The van der Waals surface area contributed by atoms with Crippen LogP contribution in [0.5, 0.6) is 5.75 Å². The van der Waals surface area contributed by atoms with E-state index < -0.39 is 0 Å². The maximum Gasteiger partial charge on any atom is 0.119 e. The summed E-state index contributed by atoms with van der Waals surface area (Å²) in [6, 6.07) is 4.21. The zero-order valence-corrected chi connectivity index (χ0v) is 12.4. The third-order valence-corrected chi connectivity index (χ3v) is 3.54. The van der Waals surface area contributed by atoms with Gasteiger partial charge in [0.05, 0.1) is 6.61 Å². The molecule has 0 saturated carbocycles. The quantitative estimate of drug-likeness (QED) is 0.759. The summed E-state index contributed by atoms with van der Waals surface area (Å²) in [5.41, 5.74) is 9.51. The molecule has 0 aromatic heterocycles. The van der Waals surface area contributed by atoms with Crippen LogP contribution in [0.25, 0.3) is 0 Å². The highest BCUT2D eigenvalue weighted by atomic mass is 16.5. The van der Waals surface area contributed by atoms with Gasteiger partial charge in [-0.15, -0.1) is 0 Å². The number of nitrogens with two attached hydrogens (primary N) is 1. The second-order valence-corrected chi connectivity index (χ2v) is 5.21. The van der Waals surface area contributed by atoms with Crippen LogP contribution in [-0.4, -0.2) is 24.9 Å². The maximum absolute atomic E-state index is 9.18. The zero-order valence-electron chi connectivity index (χ0n) is 12.4. The molecular formula is C16H27NO2. The van der Waals surface area contributed by atoms with Crippen molar-refractivity contribution in [2.24, 2.45) is 11.7 Å². The van der Waals surface area contributed by atoms with Crippen LogP contribution < -0.4 is 10.5 Å². The van der Waals surface area contributed by atoms with E-state index in [1.54, 1.807) is 0 Å². The van der Waals surface area contributed by atoms with E-state index >= 15 is 0 Å². The van der Waals surface area contributed by atoms with E-state index in [1.807, 2.05) is 0 Å². The van der Waals surface area contributed by atoms with Gasteiger partial charge in [-0.3, -0.25) is 0 Å². The Bertz CT molecular complexity index is 363. The molecule has 108 valence electrons. The Morgan fingerprint density at radius 2 is 1.89 bits per heavy atom. The molecular weight excluding hydrogens is 238 g/mol. The van der Waals surface area contributed by atoms with E-state index in [1.165, 1.54) is 16.7 Å². The van der Waals surface area contributed by atoms with Gasteiger partial charge in [0.1, 0.15) is 5.75 Å². The molecule has 3 heteroatoms. The monoisotopic (exact) mass is 265 g/mol. The fourth-order valence-corrected chi connectivity index (χ4v) is 2.28. The summed E-state index contributed by atoms with van der Waals surface area (Å²) in [6.07, 6.45) is 2.92. The molecule has 0 amide bonds. The Balaban J connectivity index is 2.73. The lowest BCUT2D eigenvalue weighted by atomic mass is 9.94. The fourth-order valence-electron chi connectivity index (χ4n) is 2.28. The molecule has 1 rings (SSSR count). The van der Waals surface area contributed by atoms with Crippen LogP contribution in [0, 0.1) is 19.8 Å². The highest BCUT2D eigenvalue weighted by Crippen LogP contribution is 2.24. The fraction of sp³-hybridized carbons (Fsp3) is 0.625. The van der Waals surface area contributed by atoms with Crippen molar-refractivity contribution in [2.45, 2.75) is 40.0 Å². The normalized spacial score (nSPS) is 12.5. The summed E-state index contributed by atoms with van der Waals surface area (Å²) in [5, 5.41) is 9.18. The number of benzene rings is 1. The lowest BCUT2D eigenvalue weighted by molar-refractivity contribution is 0.223. The van der Waals surface area contributed by atoms with E-state index in [-0.39, 0.29) is 12.5 Å². The third kappa shape index (κ3) is 4.84. The van der Waals surface area contributed by atoms with E-state index in [0.29, 0.717) is 6.54 Å². The van der Waals surface area contributed by atoms with Gasteiger partial charge in [-0.05, 0) is 74.4 Å². The minimum Gasteiger partial charge on any atom is -0.494 e. The molecule has 0 aliphatic carbocycles. The summed E-state index contributed by atoms with van der Waals surface area (Å²) in [6.45, 7) is 7.83. The molecule has 3 N–H and O–H groups in total. The molecule has 0 radical (unpaired) electrons. The van der Waals surface area contributed by atoms with Crippen molar-refractivity contribution in [3.8, 4) is 5.75 Å². The van der Waals surface area contributed by atoms with Crippen molar-refractivity contribution in [1.82, 2.24) is 0 Å². The number of aliphatic hydroxyl groups excluding tert-OH is 1. The first-order chi connectivity index (χ1) is 9.12. The molecule has 0 saturated heterocycles. The van der Waals surface area contributed by atoms with Crippen molar-refractivity contribution in [3.63, 3.8) is 0 Å². The molecule has 3 nitrogen and oxygen atoms in total. The van der Waals surface area contributed by atoms with Crippen molar-refractivity contribution >= 4 is 0 Å². The number of aryl methyl sites for hydroxylation is 2. The van der Waals surface area contributed by atoms with Crippen molar-refractivity contribution in [1.29, 1.82) is 0 Å². The predicted octanol–water partition coefficient (Wildman–Crippen LogP) is 2.59. The van der Waals surface area contributed by atoms with Crippen LogP contribution in [-0.2, 0) is 6.42 Å². The van der Waals surface area contributed by atoms with E-state index in [0.717, 1.165) is 31.6 Å². The standard InChI is InChI=1S/C16H27NO2/c1-4-7-19-15-8-12(2)16(13(3)9-15)6-5-14(10-17)11-18/h8-9,14,18H,4-7,10-11,17H2,1-3H3. The Morgan fingerprint density at radius 1 is 1.26 bits per heavy atom. The highest BCUT2D eigenvalue weighted by Gasteiger charge is 2.10. The Hall–Kier alpha value is -1.06. The number of aliphatic hydroxyl groups is 1. The Kier molecular flexibility index (Phi) is 6.89. The van der Waals surface area contributed by atoms with Crippen molar-refractivity contribution in [2.75, 3.05) is 19.8 Å². The van der Waals surface area contributed by atoms with Gasteiger partial charge >= 0.3 is 0 Å². The summed E-state index contributed by atoms with van der Waals surface area (Å²) in [5.74, 6) is 1.16. The smallest absolute Gasteiger partial charge is 0.119 e. The van der Waals surface area contributed by atoms with Crippen LogP contribution in [0.3, 0.4) is 0 Å². The van der Waals surface area contributed by atoms with Gasteiger partial charge < -0.3 is 15.6 Å². The highest BCUT2D eigenvalue weighted by molar-refractivity contribution is 5.41. The Labute approximate surface area is 116 Å². The lowest BCUT2D eigenvalue weighted by Gasteiger charge is -2.16. The van der Waals surface area contributed by atoms with Crippen LogP contribution in [0.1, 0.15) is 36.5 Å². The van der Waals surface area contributed by atoms with Gasteiger partial charge in [-0.25, -0.2) is 0 Å². The minimum atomic E-state index is 0.173. The van der Waals surface area contributed by atoms with Crippen molar-refractivity contribution in [3.05, 3.63) is 28.8 Å². The van der Waals surface area contributed by atoms with Gasteiger partial charge in [0, 0.05) is 6.61 Å². The minimum absolute atomic E-state index is 0.173. The summed E-state index contributed by atoms with van der Waals surface area (Å²) in [4.78, 5) is 0. The second-order valence-electron chi connectivity index (χ2n) is 5.21. The molecule has 0 aliphatic heterocycles. The summed E-state index contributed by atoms with van der Waals surface area (Å²) in [7, 11) is 0. The summed E-state index contributed by atoms with van der Waals surface area (Å²) < 4.78 is 5.68. The van der Waals surface area contributed by atoms with Crippen LogP contribution in [0.15, 0.2) is 12.1 Å². The van der Waals surface area contributed by atoms with Crippen LogP contribution in [0.4, 0.5) is 0 Å². The molecule has 19 heavy (non-hydrogen) atoms. The molecule has 1 aromatic rings. The first-order valence-corrected chi connectivity index (χ1v) is 7.16. The third-order valence-electron chi connectivity index (χ3n) is 3.54. The van der Waals surface area contributed by atoms with E-state index in [4.69, 9.17) is 10.5 Å². The van der Waals surface area contributed by atoms with Gasteiger partial charge in [0.15, 0.2) is 0 Å². The number of rotatable bonds is 8. The number of hydrogen-bond donors (Lipinski definition) is 2. The van der Waals surface area contributed by atoms with Gasteiger partial charge in [0.2, 0.25) is 0 Å². The SMILES string of the molecule is CCCOc1cc(C)c(CCC(CN)CO)c(C)c1. The molecule has 1 unspecified atom stereocenters. The van der Waals surface area contributed by atoms with E-state index in [9.17, 15) is 5.11 Å². The molecule has 0 bridgehead atoms. The molecule has 0 fully saturated rings. The molecule has 1 atom stereocenters. The molecule has 0 aliphatic rings. The van der Waals surface area contributed by atoms with E-state index in [2.05, 4.69) is 32.9 Å². The first kappa shape index (κ1) is 16.0. The predicted molar refractivity (Wildman–Crippen MR) is 79.7 cm³/mol. The first-order valence-electron chi connectivity index (χ1n) is 7.16. The number of ether oxygens (including phenoxy) is 1. The Morgan fingerprint density at radius 3 is 2.37 bits per heavy atom. The largest absolute Gasteiger partial charge is 0.494 e. The topological polar surface area (TPSA) is 55.5 Å². The lowest BCUT2D eigenvalue weighted by Crippen LogP contribution is -2.19. The van der Waals surface area contributed by atoms with Crippen LogP contribution >= 0.6 is 0 Å². The zero-order chi connectivity index (χ0) is 14.3.